The third-order valence-corrected chi connectivity index (χ3v) is 3.53. The SMILES string of the molecule is O=[N+]([O-])c1cc(Cl)ccc1CNCC1(O)CCC1. The fourth-order valence-corrected chi connectivity index (χ4v) is 2.21. The van der Waals surface area contributed by atoms with Gasteiger partial charge >= 0.3 is 0 Å². The van der Waals surface area contributed by atoms with Crippen molar-refractivity contribution in [3.8, 4) is 0 Å². The normalized spacial score (nSPS) is 17.2. The minimum atomic E-state index is -0.624. The number of halogens is 1. The van der Waals surface area contributed by atoms with E-state index in [0.29, 0.717) is 23.7 Å². The minimum Gasteiger partial charge on any atom is -0.389 e. The largest absolute Gasteiger partial charge is 0.389 e. The van der Waals surface area contributed by atoms with E-state index in [1.54, 1.807) is 12.1 Å². The molecule has 0 unspecified atom stereocenters. The molecule has 1 aromatic rings. The van der Waals surface area contributed by atoms with Crippen LogP contribution in [0.5, 0.6) is 0 Å². The molecule has 0 radical (unpaired) electrons. The van der Waals surface area contributed by atoms with Gasteiger partial charge in [0.15, 0.2) is 0 Å². The van der Waals surface area contributed by atoms with Crippen LogP contribution >= 0.6 is 11.6 Å². The number of nitro groups is 1. The summed E-state index contributed by atoms with van der Waals surface area (Å²) in [6.45, 7) is 0.822. The Balaban J connectivity index is 1.98. The summed E-state index contributed by atoms with van der Waals surface area (Å²) in [6.07, 6.45) is 2.63. The molecule has 0 amide bonds. The monoisotopic (exact) mass is 270 g/mol. The molecule has 1 saturated carbocycles. The number of nitro benzene ring substituents is 1. The van der Waals surface area contributed by atoms with Crippen LogP contribution in [0.2, 0.25) is 5.02 Å². The van der Waals surface area contributed by atoms with E-state index in [2.05, 4.69) is 5.32 Å². The zero-order valence-corrected chi connectivity index (χ0v) is 10.6. The lowest BCUT2D eigenvalue weighted by Crippen LogP contribution is -2.46. The Bertz CT molecular complexity index is 461. The molecule has 0 atom stereocenters. The average Bonchev–Trinajstić information content (AvgIpc) is 2.28. The predicted molar refractivity (Wildman–Crippen MR) is 68.6 cm³/mol. The molecule has 0 bridgehead atoms. The maximum atomic E-state index is 10.9. The summed E-state index contributed by atoms with van der Waals surface area (Å²) in [5.74, 6) is 0. The van der Waals surface area contributed by atoms with E-state index in [1.165, 1.54) is 6.07 Å². The third-order valence-electron chi connectivity index (χ3n) is 3.30. The first-order chi connectivity index (χ1) is 8.50. The smallest absolute Gasteiger partial charge is 0.275 e. The van der Waals surface area contributed by atoms with Crippen LogP contribution in [0.3, 0.4) is 0 Å². The second-order valence-corrected chi connectivity index (χ2v) is 5.15. The summed E-state index contributed by atoms with van der Waals surface area (Å²) < 4.78 is 0. The minimum absolute atomic E-state index is 0.00981. The molecule has 6 heteroatoms. The van der Waals surface area contributed by atoms with Crippen LogP contribution in [0.25, 0.3) is 0 Å². The van der Waals surface area contributed by atoms with Crippen LogP contribution in [0.15, 0.2) is 18.2 Å². The van der Waals surface area contributed by atoms with E-state index in [1.807, 2.05) is 0 Å². The van der Waals surface area contributed by atoms with Crippen molar-refractivity contribution in [3.05, 3.63) is 38.9 Å². The van der Waals surface area contributed by atoms with Crippen molar-refractivity contribution in [2.24, 2.45) is 0 Å². The molecule has 5 nitrogen and oxygen atoms in total. The maximum absolute atomic E-state index is 10.9. The van der Waals surface area contributed by atoms with E-state index in [-0.39, 0.29) is 5.69 Å². The quantitative estimate of drug-likeness (QED) is 0.636. The summed E-state index contributed by atoms with van der Waals surface area (Å²) >= 11 is 5.73. The summed E-state index contributed by atoms with van der Waals surface area (Å²) in [7, 11) is 0. The lowest BCUT2D eigenvalue weighted by molar-refractivity contribution is -0.385. The highest BCUT2D eigenvalue weighted by Crippen LogP contribution is 2.31. The summed E-state index contributed by atoms with van der Waals surface area (Å²) in [6, 6.07) is 4.61. The molecule has 1 aliphatic carbocycles. The van der Waals surface area contributed by atoms with Gasteiger partial charge in [-0.25, -0.2) is 0 Å². The molecule has 2 N–H and O–H groups in total. The van der Waals surface area contributed by atoms with Crippen LogP contribution in [-0.4, -0.2) is 22.2 Å². The fraction of sp³-hybridized carbons (Fsp3) is 0.500. The maximum Gasteiger partial charge on any atom is 0.275 e. The van der Waals surface area contributed by atoms with Crippen molar-refractivity contribution in [3.63, 3.8) is 0 Å². The molecule has 0 aromatic heterocycles. The van der Waals surface area contributed by atoms with Crippen molar-refractivity contribution in [2.45, 2.75) is 31.4 Å². The zero-order chi connectivity index (χ0) is 13.2. The molecule has 18 heavy (non-hydrogen) atoms. The second kappa shape index (κ2) is 5.22. The fourth-order valence-electron chi connectivity index (χ4n) is 2.05. The lowest BCUT2D eigenvalue weighted by Gasteiger charge is -2.36. The Morgan fingerprint density at radius 1 is 1.50 bits per heavy atom. The highest BCUT2D eigenvalue weighted by atomic mass is 35.5. The van der Waals surface area contributed by atoms with Crippen molar-refractivity contribution < 1.29 is 10.0 Å². The van der Waals surface area contributed by atoms with Gasteiger partial charge in [0.25, 0.3) is 5.69 Å². The van der Waals surface area contributed by atoms with Gasteiger partial charge in [0.1, 0.15) is 0 Å². The molecule has 1 aliphatic rings. The number of benzene rings is 1. The van der Waals surface area contributed by atoms with E-state index >= 15 is 0 Å². The van der Waals surface area contributed by atoms with E-state index in [9.17, 15) is 15.2 Å². The van der Waals surface area contributed by atoms with Gasteiger partial charge in [-0.1, -0.05) is 11.6 Å². The van der Waals surface area contributed by atoms with E-state index in [4.69, 9.17) is 11.6 Å². The zero-order valence-electron chi connectivity index (χ0n) is 9.86. The Morgan fingerprint density at radius 2 is 2.22 bits per heavy atom. The summed E-state index contributed by atoms with van der Waals surface area (Å²) in [5.41, 5.74) is -0.0378. The standard InChI is InChI=1S/C12H15ClN2O3/c13-10-3-2-9(11(6-10)15(17)18)7-14-8-12(16)4-1-5-12/h2-3,6,14,16H,1,4-5,7-8H2. The Labute approximate surface area is 110 Å². The first-order valence-corrected chi connectivity index (χ1v) is 6.24. The average molecular weight is 271 g/mol. The van der Waals surface area contributed by atoms with E-state index < -0.39 is 10.5 Å². The summed E-state index contributed by atoms with van der Waals surface area (Å²) in [5, 5.41) is 24.2. The Kier molecular flexibility index (Phi) is 3.85. The third kappa shape index (κ3) is 2.98. The number of nitrogens with one attached hydrogen (secondary N) is 1. The van der Waals surface area contributed by atoms with Crippen LogP contribution in [0.4, 0.5) is 5.69 Å². The van der Waals surface area contributed by atoms with Crippen molar-refractivity contribution >= 4 is 17.3 Å². The van der Waals surface area contributed by atoms with Gasteiger partial charge in [0.05, 0.1) is 10.5 Å². The molecule has 1 fully saturated rings. The van der Waals surface area contributed by atoms with Crippen molar-refractivity contribution in [1.29, 1.82) is 0 Å². The highest BCUT2D eigenvalue weighted by Gasteiger charge is 2.33. The number of nitrogens with zero attached hydrogens (tertiary/aromatic N) is 1. The molecule has 0 aliphatic heterocycles. The first kappa shape index (κ1) is 13.3. The number of aliphatic hydroxyl groups is 1. The molecule has 2 rings (SSSR count). The molecule has 98 valence electrons. The second-order valence-electron chi connectivity index (χ2n) is 4.71. The van der Waals surface area contributed by atoms with Gasteiger partial charge in [0.2, 0.25) is 0 Å². The Morgan fingerprint density at radius 3 is 2.78 bits per heavy atom. The lowest BCUT2D eigenvalue weighted by atomic mass is 9.80. The van der Waals surface area contributed by atoms with Crippen molar-refractivity contribution in [1.82, 2.24) is 5.32 Å². The highest BCUT2D eigenvalue weighted by molar-refractivity contribution is 6.30. The van der Waals surface area contributed by atoms with E-state index in [0.717, 1.165) is 19.3 Å². The van der Waals surface area contributed by atoms with Gasteiger partial charge in [0, 0.05) is 29.7 Å². The molecule has 1 aromatic carbocycles. The molecule has 0 saturated heterocycles. The van der Waals surface area contributed by atoms with Crippen molar-refractivity contribution in [2.75, 3.05) is 6.54 Å². The van der Waals surface area contributed by atoms with Gasteiger partial charge in [-0.3, -0.25) is 10.1 Å². The molecular formula is C12H15ClN2O3. The summed E-state index contributed by atoms with van der Waals surface area (Å²) in [4.78, 5) is 10.4. The topological polar surface area (TPSA) is 75.4 Å². The van der Waals surface area contributed by atoms with Gasteiger partial charge < -0.3 is 10.4 Å². The number of hydrogen-bond acceptors (Lipinski definition) is 4. The number of hydrogen-bond donors (Lipinski definition) is 2. The van der Waals surface area contributed by atoms with Gasteiger partial charge in [-0.05, 0) is 31.4 Å². The molecule has 0 spiro atoms. The van der Waals surface area contributed by atoms with Crippen LogP contribution in [0, 0.1) is 10.1 Å². The molecule has 0 heterocycles. The van der Waals surface area contributed by atoms with Gasteiger partial charge in [-0.15, -0.1) is 0 Å². The van der Waals surface area contributed by atoms with Gasteiger partial charge in [-0.2, -0.15) is 0 Å². The Hall–Kier alpha value is -1.17. The molecular weight excluding hydrogens is 256 g/mol. The first-order valence-electron chi connectivity index (χ1n) is 5.86. The predicted octanol–water partition coefficient (Wildman–Crippen LogP) is 2.25. The number of rotatable bonds is 5. The van der Waals surface area contributed by atoms with Crippen LogP contribution < -0.4 is 5.32 Å². The van der Waals surface area contributed by atoms with Crippen LogP contribution in [0.1, 0.15) is 24.8 Å². The van der Waals surface area contributed by atoms with Crippen LogP contribution in [-0.2, 0) is 6.54 Å².